The Kier molecular flexibility index (Phi) is 10.4. The van der Waals surface area contributed by atoms with E-state index in [2.05, 4.69) is 36.4 Å². The zero-order valence-electron chi connectivity index (χ0n) is 29.0. The fourth-order valence-electron chi connectivity index (χ4n) is 7.22. The number of hydrogen-bond acceptors (Lipinski definition) is 9. The van der Waals surface area contributed by atoms with Crippen LogP contribution in [0.25, 0.3) is 0 Å². The number of rotatable bonds is 10. The van der Waals surface area contributed by atoms with Gasteiger partial charge in [0.1, 0.15) is 23.5 Å². The average Bonchev–Trinajstić information content (AvgIpc) is 3.54. The van der Waals surface area contributed by atoms with E-state index in [9.17, 15) is 9.59 Å². The first-order chi connectivity index (χ1) is 21.1. The first kappa shape index (κ1) is 34.9. The molecule has 5 unspecified atom stereocenters. The Bertz CT molecular complexity index is 1360. The molecule has 1 amide bonds. The monoisotopic (exact) mass is 625 g/mol. The summed E-state index contributed by atoms with van der Waals surface area (Å²) in [6.07, 6.45) is 4.10. The highest BCUT2D eigenvalue weighted by molar-refractivity contribution is 6.48. The third kappa shape index (κ3) is 7.39. The summed E-state index contributed by atoms with van der Waals surface area (Å²) in [6.45, 7) is 16.9. The van der Waals surface area contributed by atoms with Gasteiger partial charge in [0, 0.05) is 6.54 Å². The van der Waals surface area contributed by atoms with Gasteiger partial charge in [0.2, 0.25) is 5.91 Å². The van der Waals surface area contributed by atoms with Gasteiger partial charge in [-0.1, -0.05) is 45.0 Å². The Morgan fingerprint density at radius 1 is 1.20 bits per heavy atom. The van der Waals surface area contributed by atoms with E-state index in [1.54, 1.807) is 18.3 Å². The Hall–Kier alpha value is -2.96. The van der Waals surface area contributed by atoms with Crippen molar-refractivity contribution in [3.05, 3.63) is 41.2 Å². The molecule has 0 radical (unpaired) electrons. The SMILES string of the molecule is CC.COc1c(CC(NC(=O)Cn2cc(CN(C)C)nn2)B2OC3CC4CC(C4(C)C)C3(C)O2)cccc1C(=O)OC(C)(C)C. The zero-order chi connectivity index (χ0) is 33.3. The zero-order valence-corrected chi connectivity index (χ0v) is 29.0. The van der Waals surface area contributed by atoms with Crippen LogP contribution in [-0.2, 0) is 38.4 Å². The Labute approximate surface area is 268 Å². The molecule has 1 N–H and O–H groups in total. The van der Waals surface area contributed by atoms with Crippen molar-refractivity contribution in [1.82, 2.24) is 25.2 Å². The number of esters is 1. The van der Waals surface area contributed by atoms with Crippen molar-refractivity contribution in [3.63, 3.8) is 0 Å². The standard InChI is InChI=1S/C31H46BN5O6.C2H6/c1-29(2,3)41-28(39)22-12-10-11-19(27(22)40-9)13-25(33-26(38)18-37-17-21(34-35-37)16-36(7)8)32-42-24-15-20-14-23(30(20,4)5)31(24,6)43-32;1-2/h10-12,17,20,23-25H,13-16,18H2,1-9H3,(H,33,38);1-2H3. The molecule has 11 nitrogen and oxygen atoms in total. The van der Waals surface area contributed by atoms with Crippen LogP contribution in [0.15, 0.2) is 24.4 Å². The van der Waals surface area contributed by atoms with Gasteiger partial charge in [-0.2, -0.15) is 0 Å². The van der Waals surface area contributed by atoms with Crippen LogP contribution < -0.4 is 10.1 Å². The molecule has 4 aliphatic rings. The first-order valence-corrected chi connectivity index (χ1v) is 16.2. The van der Waals surface area contributed by atoms with Gasteiger partial charge in [-0.3, -0.25) is 4.79 Å². The number of methoxy groups -OCH3 is 1. The molecular weight excluding hydrogens is 573 g/mol. The summed E-state index contributed by atoms with van der Waals surface area (Å²) in [6, 6.07) is 5.38. The fraction of sp³-hybridized carbons (Fsp3) is 0.697. The lowest BCUT2D eigenvalue weighted by atomic mass is 9.43. The van der Waals surface area contributed by atoms with Crippen molar-refractivity contribution < 1.29 is 28.4 Å². The highest BCUT2D eigenvalue weighted by Gasteiger charge is 2.68. The average molecular weight is 626 g/mol. The minimum Gasteiger partial charge on any atom is -0.496 e. The molecule has 0 spiro atoms. The molecule has 6 rings (SSSR count). The first-order valence-electron chi connectivity index (χ1n) is 16.2. The molecule has 2 aromatic rings. The van der Waals surface area contributed by atoms with E-state index in [4.69, 9.17) is 18.8 Å². The van der Waals surface area contributed by atoms with Crippen LogP contribution >= 0.6 is 0 Å². The maximum Gasteiger partial charge on any atom is 0.482 e. The number of aromatic nitrogens is 3. The van der Waals surface area contributed by atoms with Gasteiger partial charge in [-0.15, -0.1) is 5.10 Å². The highest BCUT2D eigenvalue weighted by atomic mass is 16.7. The van der Waals surface area contributed by atoms with Gasteiger partial charge in [-0.25, -0.2) is 9.48 Å². The molecule has 248 valence electrons. The number of hydrogen-bond donors (Lipinski definition) is 1. The van der Waals surface area contributed by atoms with Gasteiger partial charge in [0.25, 0.3) is 0 Å². The second-order valence-electron chi connectivity index (χ2n) is 14.4. The van der Waals surface area contributed by atoms with Gasteiger partial charge >= 0.3 is 13.1 Å². The quantitative estimate of drug-likeness (QED) is 0.304. The number of ether oxygens (including phenoxy) is 2. The Morgan fingerprint density at radius 2 is 1.91 bits per heavy atom. The second kappa shape index (κ2) is 13.4. The summed E-state index contributed by atoms with van der Waals surface area (Å²) in [5.41, 5.74) is 0.925. The largest absolute Gasteiger partial charge is 0.496 e. The minimum absolute atomic E-state index is 0.00282. The van der Waals surface area contributed by atoms with Crippen LogP contribution in [-0.4, -0.2) is 83.3 Å². The lowest BCUT2D eigenvalue weighted by Gasteiger charge is -2.64. The maximum atomic E-state index is 13.4. The topological polar surface area (TPSA) is 117 Å². The molecule has 3 saturated carbocycles. The normalized spacial score (nSPS) is 25.4. The van der Waals surface area contributed by atoms with Gasteiger partial charge < -0.3 is 29.0 Å². The summed E-state index contributed by atoms with van der Waals surface area (Å²) in [4.78, 5) is 28.5. The van der Waals surface area contributed by atoms with E-state index in [1.807, 2.05) is 59.7 Å². The van der Waals surface area contributed by atoms with Crippen LogP contribution in [0.1, 0.15) is 89.8 Å². The number of carbonyl (C=O) groups excluding carboxylic acids is 2. The Morgan fingerprint density at radius 3 is 2.53 bits per heavy atom. The minimum atomic E-state index is -0.677. The lowest BCUT2D eigenvalue weighted by Crippen LogP contribution is -2.65. The number of amides is 1. The van der Waals surface area contributed by atoms with Crippen molar-refractivity contribution in [1.29, 1.82) is 0 Å². The molecule has 1 saturated heterocycles. The smallest absolute Gasteiger partial charge is 0.482 e. The van der Waals surface area contributed by atoms with Crippen molar-refractivity contribution in [2.75, 3.05) is 21.2 Å². The summed E-state index contributed by atoms with van der Waals surface area (Å²) >= 11 is 0. The second-order valence-corrected chi connectivity index (χ2v) is 14.4. The van der Waals surface area contributed by atoms with E-state index in [1.165, 1.54) is 11.8 Å². The van der Waals surface area contributed by atoms with Gasteiger partial charge in [0.15, 0.2) is 0 Å². The Balaban J connectivity index is 0.00000226. The van der Waals surface area contributed by atoms with E-state index in [-0.39, 0.29) is 24.0 Å². The molecule has 12 heteroatoms. The fourth-order valence-corrected chi connectivity index (χ4v) is 7.22. The predicted octanol–water partition coefficient (Wildman–Crippen LogP) is 4.32. The molecule has 1 aliphatic heterocycles. The molecule has 45 heavy (non-hydrogen) atoms. The van der Waals surface area contributed by atoms with Crippen LogP contribution in [0.3, 0.4) is 0 Å². The van der Waals surface area contributed by atoms with E-state index in [0.717, 1.165) is 24.1 Å². The van der Waals surface area contributed by atoms with Crippen molar-refractivity contribution >= 4 is 19.0 Å². The highest BCUT2D eigenvalue weighted by Crippen LogP contribution is 2.65. The third-order valence-corrected chi connectivity index (χ3v) is 9.37. The number of benzene rings is 1. The summed E-state index contributed by atoms with van der Waals surface area (Å²) in [7, 11) is 4.76. The predicted molar refractivity (Wildman–Crippen MR) is 173 cm³/mol. The molecule has 3 aliphatic carbocycles. The van der Waals surface area contributed by atoms with E-state index < -0.39 is 30.2 Å². The van der Waals surface area contributed by atoms with Crippen molar-refractivity contribution in [3.8, 4) is 5.75 Å². The molecule has 5 atom stereocenters. The molecule has 4 fully saturated rings. The van der Waals surface area contributed by atoms with Crippen LogP contribution in [0.4, 0.5) is 0 Å². The molecule has 1 aromatic heterocycles. The molecule has 1 aromatic carbocycles. The molecular formula is C33H52BN5O6. The number of nitrogens with one attached hydrogen (secondary N) is 1. The summed E-state index contributed by atoms with van der Waals surface area (Å²) in [5, 5.41) is 11.5. The van der Waals surface area contributed by atoms with Crippen molar-refractivity contribution in [2.24, 2.45) is 17.3 Å². The van der Waals surface area contributed by atoms with Crippen LogP contribution in [0.5, 0.6) is 5.75 Å². The number of nitrogens with zero attached hydrogens (tertiary/aromatic N) is 4. The third-order valence-electron chi connectivity index (χ3n) is 9.37. The number of carbonyl (C=O) groups is 2. The van der Waals surface area contributed by atoms with Gasteiger partial charge in [-0.05, 0) is 89.9 Å². The van der Waals surface area contributed by atoms with Crippen LogP contribution in [0.2, 0.25) is 0 Å². The lowest BCUT2D eigenvalue weighted by molar-refractivity contribution is -0.199. The number of para-hydroxylation sites is 1. The summed E-state index contributed by atoms with van der Waals surface area (Å²) < 4.78 is 26.3. The van der Waals surface area contributed by atoms with Crippen LogP contribution in [0, 0.1) is 17.3 Å². The van der Waals surface area contributed by atoms with Gasteiger partial charge in [0.05, 0.1) is 36.6 Å². The molecule has 2 bridgehead atoms. The molecule has 2 heterocycles. The maximum absolute atomic E-state index is 13.4. The van der Waals surface area contributed by atoms with E-state index >= 15 is 0 Å². The van der Waals surface area contributed by atoms with Crippen molar-refractivity contribution in [2.45, 2.75) is 111 Å². The van der Waals surface area contributed by atoms with E-state index in [0.29, 0.717) is 36.1 Å². The summed E-state index contributed by atoms with van der Waals surface area (Å²) in [5.74, 6) is 0.111.